The highest BCUT2D eigenvalue weighted by Gasteiger charge is 2.48. The van der Waals surface area contributed by atoms with Crippen LogP contribution in [0.15, 0.2) is 18.2 Å². The average Bonchev–Trinajstić information content (AvgIpc) is 3.51. The second-order valence-electron chi connectivity index (χ2n) is 11.5. The molecule has 0 radical (unpaired) electrons. The van der Waals surface area contributed by atoms with E-state index in [1.165, 1.54) is 6.42 Å². The van der Waals surface area contributed by atoms with Crippen LogP contribution in [0.1, 0.15) is 89.0 Å². The summed E-state index contributed by atoms with van der Waals surface area (Å²) < 4.78 is 5.39. The van der Waals surface area contributed by atoms with E-state index in [-0.39, 0.29) is 35.6 Å². The van der Waals surface area contributed by atoms with Crippen molar-refractivity contribution in [3.63, 3.8) is 0 Å². The van der Waals surface area contributed by atoms with Crippen LogP contribution in [-0.4, -0.2) is 52.3 Å². The maximum atomic E-state index is 14.1. The minimum Gasteiger partial charge on any atom is -0.444 e. The zero-order valence-corrected chi connectivity index (χ0v) is 23.5. The van der Waals surface area contributed by atoms with E-state index in [4.69, 9.17) is 4.74 Å². The first kappa shape index (κ1) is 28.4. The van der Waals surface area contributed by atoms with Crippen LogP contribution in [0.5, 0.6) is 0 Å². The maximum Gasteiger partial charge on any atom is 0.408 e. The molecule has 0 spiro atoms. The van der Waals surface area contributed by atoms with E-state index >= 15 is 0 Å². The quantitative estimate of drug-likeness (QED) is 0.430. The zero-order chi connectivity index (χ0) is 26.6. The summed E-state index contributed by atoms with van der Waals surface area (Å²) in [5, 5.41) is 5.97. The molecule has 7 nitrogen and oxygen atoms in total. The summed E-state index contributed by atoms with van der Waals surface area (Å²) in [6, 6.07) is 4.28. The summed E-state index contributed by atoms with van der Waals surface area (Å²) in [4.78, 5) is 42.3. The van der Waals surface area contributed by atoms with Crippen LogP contribution in [0, 0.1) is 19.8 Å². The lowest BCUT2D eigenvalue weighted by molar-refractivity contribution is -0.143. The van der Waals surface area contributed by atoms with Gasteiger partial charge in [0.2, 0.25) is 11.8 Å². The standard InChI is InChI=1S/C28H43N3O4S/c1-17-11-10-12-18(2)23(17)24(25(32)29-20-13-8-7-9-14-20)31(22-15-19(22)3)26(33)21(16-36)30-27(34)35-28(4,5)6/h10-12,19-22,24,36H,7-9,13-16H2,1-6H3,(H,29,32)(H,30,34). The van der Waals surface area contributed by atoms with Gasteiger partial charge in [-0.1, -0.05) is 44.4 Å². The molecule has 0 aliphatic heterocycles. The Labute approximate surface area is 221 Å². The average molecular weight is 518 g/mol. The minimum absolute atomic E-state index is 0.0820. The fourth-order valence-electron chi connectivity index (χ4n) is 5.17. The highest BCUT2D eigenvalue weighted by molar-refractivity contribution is 7.80. The molecular weight excluding hydrogens is 474 g/mol. The van der Waals surface area contributed by atoms with Crippen molar-refractivity contribution in [3.05, 3.63) is 34.9 Å². The van der Waals surface area contributed by atoms with Crippen molar-refractivity contribution >= 4 is 30.5 Å². The monoisotopic (exact) mass is 517 g/mol. The molecule has 2 saturated carbocycles. The van der Waals surface area contributed by atoms with E-state index < -0.39 is 23.8 Å². The second-order valence-corrected chi connectivity index (χ2v) is 11.8. The normalized spacial score (nSPS) is 21.8. The van der Waals surface area contributed by atoms with Crippen LogP contribution in [0.2, 0.25) is 0 Å². The highest BCUT2D eigenvalue weighted by atomic mass is 32.1. The predicted molar refractivity (Wildman–Crippen MR) is 145 cm³/mol. The summed E-state index contributed by atoms with van der Waals surface area (Å²) in [5.74, 6) is -0.0942. The first-order valence-corrected chi connectivity index (χ1v) is 13.8. The number of carbonyl (C=O) groups excluding carboxylic acids is 3. The first-order chi connectivity index (χ1) is 16.9. The van der Waals surface area contributed by atoms with E-state index in [9.17, 15) is 14.4 Å². The van der Waals surface area contributed by atoms with Crippen LogP contribution < -0.4 is 10.6 Å². The number of amides is 3. The van der Waals surface area contributed by atoms with E-state index in [0.29, 0.717) is 0 Å². The number of ether oxygens (including phenoxy) is 1. The molecule has 0 aromatic heterocycles. The third-order valence-corrected chi connectivity index (χ3v) is 7.51. The number of rotatable bonds is 8. The Bertz CT molecular complexity index is 934. The fourth-order valence-corrected chi connectivity index (χ4v) is 5.42. The van der Waals surface area contributed by atoms with Crippen LogP contribution in [0.3, 0.4) is 0 Å². The molecule has 2 fully saturated rings. The van der Waals surface area contributed by atoms with Crippen molar-refractivity contribution in [1.29, 1.82) is 0 Å². The number of nitrogens with zero attached hydrogens (tertiary/aromatic N) is 1. The summed E-state index contributed by atoms with van der Waals surface area (Å²) in [6.07, 6.45) is 5.45. The Morgan fingerprint density at radius 1 is 1.11 bits per heavy atom. The van der Waals surface area contributed by atoms with Gasteiger partial charge in [0.15, 0.2) is 0 Å². The first-order valence-electron chi connectivity index (χ1n) is 13.2. The summed E-state index contributed by atoms with van der Waals surface area (Å²) in [5.41, 5.74) is 2.09. The number of thiol groups is 1. The molecule has 2 N–H and O–H groups in total. The van der Waals surface area contributed by atoms with Crippen molar-refractivity contribution in [2.24, 2.45) is 5.92 Å². The van der Waals surface area contributed by atoms with E-state index in [1.807, 2.05) is 32.0 Å². The Hall–Kier alpha value is -2.22. The van der Waals surface area contributed by atoms with Crippen LogP contribution in [0.4, 0.5) is 4.79 Å². The van der Waals surface area contributed by atoms with Crippen LogP contribution in [0.25, 0.3) is 0 Å². The number of aryl methyl sites for hydroxylation is 2. The Morgan fingerprint density at radius 3 is 2.19 bits per heavy atom. The number of hydrogen-bond donors (Lipinski definition) is 3. The molecule has 1 aromatic rings. The van der Waals surface area contributed by atoms with Gasteiger partial charge < -0.3 is 20.3 Å². The molecule has 1 aromatic carbocycles. The molecule has 36 heavy (non-hydrogen) atoms. The molecular formula is C28H43N3O4S. The van der Waals surface area contributed by atoms with Gasteiger partial charge in [0.25, 0.3) is 0 Å². The second kappa shape index (κ2) is 11.9. The molecule has 4 atom stereocenters. The zero-order valence-electron chi connectivity index (χ0n) is 22.6. The molecule has 3 rings (SSSR count). The van der Waals surface area contributed by atoms with E-state index in [1.54, 1.807) is 25.7 Å². The summed E-state index contributed by atoms with van der Waals surface area (Å²) >= 11 is 4.38. The molecule has 0 bridgehead atoms. The van der Waals surface area contributed by atoms with Gasteiger partial charge in [0.1, 0.15) is 17.7 Å². The number of hydrogen-bond acceptors (Lipinski definition) is 5. The van der Waals surface area contributed by atoms with Gasteiger partial charge in [-0.05, 0) is 76.5 Å². The van der Waals surface area contributed by atoms with Gasteiger partial charge in [-0.15, -0.1) is 0 Å². The topological polar surface area (TPSA) is 87.7 Å². The lowest BCUT2D eigenvalue weighted by Crippen LogP contribution is -2.55. The minimum atomic E-state index is -0.912. The smallest absolute Gasteiger partial charge is 0.408 e. The predicted octanol–water partition coefficient (Wildman–Crippen LogP) is 4.85. The van der Waals surface area contributed by atoms with Crippen LogP contribution >= 0.6 is 12.6 Å². The number of nitrogens with one attached hydrogen (secondary N) is 2. The maximum absolute atomic E-state index is 14.1. The van der Waals surface area contributed by atoms with Gasteiger partial charge in [0.05, 0.1) is 0 Å². The Kier molecular flexibility index (Phi) is 9.36. The SMILES string of the molecule is Cc1cccc(C)c1C(C(=O)NC1CCCCC1)N(C(=O)C(CS)NC(=O)OC(C)(C)C)C1CC1C. The molecule has 200 valence electrons. The fraction of sp³-hybridized carbons (Fsp3) is 0.679. The molecule has 3 amide bonds. The molecule has 0 heterocycles. The van der Waals surface area contributed by atoms with Gasteiger partial charge in [-0.25, -0.2) is 4.79 Å². The highest BCUT2D eigenvalue weighted by Crippen LogP contribution is 2.42. The molecule has 2 aliphatic carbocycles. The Morgan fingerprint density at radius 2 is 1.69 bits per heavy atom. The van der Waals surface area contributed by atoms with Gasteiger partial charge >= 0.3 is 6.09 Å². The van der Waals surface area contributed by atoms with Crippen molar-refractivity contribution in [1.82, 2.24) is 15.5 Å². The lowest BCUT2D eigenvalue weighted by Gasteiger charge is -2.37. The lowest BCUT2D eigenvalue weighted by atomic mass is 9.91. The van der Waals surface area contributed by atoms with Gasteiger partial charge in [0, 0.05) is 17.8 Å². The van der Waals surface area contributed by atoms with E-state index in [0.717, 1.165) is 48.8 Å². The van der Waals surface area contributed by atoms with Gasteiger partial charge in [-0.3, -0.25) is 9.59 Å². The molecule has 4 unspecified atom stereocenters. The van der Waals surface area contributed by atoms with Crippen LogP contribution in [-0.2, 0) is 14.3 Å². The van der Waals surface area contributed by atoms with Crippen molar-refractivity contribution in [2.45, 2.75) is 110 Å². The number of carbonyl (C=O) groups is 3. The third-order valence-electron chi connectivity index (χ3n) is 7.14. The number of alkyl carbamates (subject to hydrolysis) is 1. The summed E-state index contributed by atoms with van der Waals surface area (Å²) in [7, 11) is 0. The molecule has 8 heteroatoms. The summed E-state index contributed by atoms with van der Waals surface area (Å²) in [6.45, 7) is 11.4. The van der Waals surface area contributed by atoms with Crippen molar-refractivity contribution in [2.75, 3.05) is 5.75 Å². The third kappa shape index (κ3) is 7.17. The van der Waals surface area contributed by atoms with Crippen molar-refractivity contribution < 1.29 is 19.1 Å². The van der Waals surface area contributed by atoms with E-state index in [2.05, 4.69) is 30.2 Å². The Balaban J connectivity index is 1.97. The number of benzene rings is 1. The van der Waals surface area contributed by atoms with Crippen molar-refractivity contribution in [3.8, 4) is 0 Å². The van der Waals surface area contributed by atoms with Gasteiger partial charge in [-0.2, -0.15) is 12.6 Å². The molecule has 0 saturated heterocycles. The molecule has 2 aliphatic rings. The largest absolute Gasteiger partial charge is 0.444 e.